The number of aliphatic hydroxyl groups is 1. The van der Waals surface area contributed by atoms with Gasteiger partial charge in [-0.05, 0) is 43.2 Å². The van der Waals surface area contributed by atoms with E-state index in [0.717, 1.165) is 50.8 Å². The lowest BCUT2D eigenvalue weighted by Crippen LogP contribution is -2.39. The molecule has 1 aliphatic heterocycles. The molecule has 3 N–H and O–H groups in total. The summed E-state index contributed by atoms with van der Waals surface area (Å²) in [6.45, 7) is 4.04. The Balaban J connectivity index is 1.60. The van der Waals surface area contributed by atoms with Crippen molar-refractivity contribution in [3.8, 4) is 0 Å². The van der Waals surface area contributed by atoms with Gasteiger partial charge in [0.25, 0.3) is 0 Å². The van der Waals surface area contributed by atoms with E-state index in [-0.39, 0.29) is 18.7 Å². The third-order valence-electron chi connectivity index (χ3n) is 5.13. The van der Waals surface area contributed by atoms with Gasteiger partial charge in [-0.1, -0.05) is 37.1 Å². The number of nitrogens with one attached hydrogen (secondary N) is 2. The van der Waals surface area contributed by atoms with E-state index >= 15 is 0 Å². The lowest BCUT2D eigenvalue weighted by Gasteiger charge is -2.32. The molecule has 0 unspecified atom stereocenters. The van der Waals surface area contributed by atoms with Crippen molar-refractivity contribution in [1.82, 2.24) is 15.5 Å². The highest BCUT2D eigenvalue weighted by Crippen LogP contribution is 2.23. The van der Waals surface area contributed by atoms with Crippen molar-refractivity contribution in [2.24, 2.45) is 5.92 Å². The second kappa shape index (κ2) is 10.8. The molecule has 1 aromatic rings. The Morgan fingerprint density at radius 2 is 1.88 bits per heavy atom. The van der Waals surface area contributed by atoms with E-state index in [4.69, 9.17) is 5.11 Å². The van der Waals surface area contributed by atoms with Crippen molar-refractivity contribution in [1.29, 1.82) is 0 Å². The molecule has 144 valence electrons. The Kier molecular flexibility index (Phi) is 8.41. The van der Waals surface area contributed by atoms with Gasteiger partial charge in [0.2, 0.25) is 5.91 Å². The molecular formula is C20H31N3O3. The number of rotatable bonds is 8. The van der Waals surface area contributed by atoms with Crippen LogP contribution in [0.15, 0.2) is 24.3 Å². The van der Waals surface area contributed by atoms with Gasteiger partial charge in [-0.25, -0.2) is 4.79 Å². The number of amides is 3. The summed E-state index contributed by atoms with van der Waals surface area (Å²) in [5.74, 6) is 0.903. The minimum absolute atomic E-state index is 0.233. The minimum Gasteiger partial charge on any atom is -0.376 e. The van der Waals surface area contributed by atoms with E-state index in [0.29, 0.717) is 18.9 Å². The molecule has 6 heteroatoms. The molecule has 2 rings (SSSR count). The summed E-state index contributed by atoms with van der Waals surface area (Å²) in [4.78, 5) is 25.6. The number of carbonyl (C=O) groups excluding carboxylic acids is 2. The Morgan fingerprint density at radius 1 is 1.15 bits per heavy atom. The number of hydrogen-bond acceptors (Lipinski definition) is 3. The van der Waals surface area contributed by atoms with E-state index in [1.807, 2.05) is 23.1 Å². The van der Waals surface area contributed by atoms with Gasteiger partial charge in [-0.3, -0.25) is 4.79 Å². The zero-order valence-electron chi connectivity index (χ0n) is 15.7. The quantitative estimate of drug-likeness (QED) is 0.490. The van der Waals surface area contributed by atoms with Crippen LogP contribution in [0.5, 0.6) is 0 Å². The van der Waals surface area contributed by atoms with Crippen LogP contribution in [0.2, 0.25) is 0 Å². The number of benzene rings is 1. The maximum Gasteiger partial charge on any atom is 0.316 e. The maximum atomic E-state index is 12.5. The van der Waals surface area contributed by atoms with Gasteiger partial charge < -0.3 is 20.6 Å². The summed E-state index contributed by atoms with van der Waals surface area (Å²) in [5, 5.41) is 13.6. The monoisotopic (exact) mass is 361 g/mol. The molecule has 1 aromatic carbocycles. The molecule has 0 aromatic heterocycles. The van der Waals surface area contributed by atoms with Crippen molar-refractivity contribution >= 4 is 11.9 Å². The highest BCUT2D eigenvalue weighted by Gasteiger charge is 2.22. The van der Waals surface area contributed by atoms with Crippen LogP contribution in [0.3, 0.4) is 0 Å². The van der Waals surface area contributed by atoms with Gasteiger partial charge >= 0.3 is 6.03 Å². The summed E-state index contributed by atoms with van der Waals surface area (Å²) >= 11 is 0. The first-order valence-corrected chi connectivity index (χ1v) is 9.55. The van der Waals surface area contributed by atoms with Crippen LogP contribution in [0.1, 0.15) is 43.2 Å². The van der Waals surface area contributed by atoms with Crippen LogP contribution in [0.4, 0.5) is 4.79 Å². The maximum absolute atomic E-state index is 12.5. The summed E-state index contributed by atoms with van der Waals surface area (Å²) in [5.41, 5.74) is 2.30. The van der Waals surface area contributed by atoms with Crippen molar-refractivity contribution in [2.45, 2.75) is 45.4 Å². The van der Waals surface area contributed by atoms with Crippen LogP contribution in [0.25, 0.3) is 0 Å². The molecule has 1 heterocycles. The van der Waals surface area contributed by atoms with E-state index in [1.54, 1.807) is 0 Å². The number of unbranched alkanes of at least 4 members (excludes halogenated alkanes) is 1. The average Bonchev–Trinajstić information content (AvgIpc) is 2.64. The number of piperidine rings is 1. The second-order valence-electron chi connectivity index (χ2n) is 7.01. The topological polar surface area (TPSA) is 81.7 Å². The van der Waals surface area contributed by atoms with Crippen LogP contribution in [0, 0.1) is 12.8 Å². The average molecular weight is 361 g/mol. The molecule has 3 amide bonds. The highest BCUT2D eigenvalue weighted by molar-refractivity contribution is 5.79. The molecule has 1 fully saturated rings. The molecule has 0 bridgehead atoms. The molecule has 0 radical (unpaired) electrons. The van der Waals surface area contributed by atoms with Gasteiger partial charge in [0.1, 0.15) is 6.73 Å². The van der Waals surface area contributed by atoms with E-state index in [1.165, 1.54) is 5.56 Å². The molecule has 0 aliphatic carbocycles. The molecule has 1 aliphatic rings. The number of likely N-dealkylation sites (tertiary alicyclic amines) is 1. The fourth-order valence-corrected chi connectivity index (χ4v) is 3.45. The number of nitrogens with zero attached hydrogens (tertiary/aromatic N) is 1. The van der Waals surface area contributed by atoms with Gasteiger partial charge in [0, 0.05) is 19.6 Å². The van der Waals surface area contributed by atoms with Gasteiger partial charge in [0.15, 0.2) is 0 Å². The Morgan fingerprint density at radius 3 is 2.58 bits per heavy atom. The van der Waals surface area contributed by atoms with E-state index in [2.05, 4.69) is 23.6 Å². The third-order valence-corrected chi connectivity index (χ3v) is 5.13. The summed E-state index contributed by atoms with van der Waals surface area (Å²) in [6.07, 6.45) is 5.78. The SMILES string of the molecule is Cc1ccccc1CC(=O)N1CCC(CCCCNC(=O)NCO)CC1. The van der Waals surface area contributed by atoms with Gasteiger partial charge in [-0.15, -0.1) is 0 Å². The lowest BCUT2D eigenvalue weighted by atomic mass is 9.91. The van der Waals surface area contributed by atoms with Crippen molar-refractivity contribution < 1.29 is 14.7 Å². The second-order valence-corrected chi connectivity index (χ2v) is 7.01. The van der Waals surface area contributed by atoms with Crippen LogP contribution >= 0.6 is 0 Å². The first-order chi connectivity index (χ1) is 12.6. The zero-order valence-corrected chi connectivity index (χ0v) is 15.7. The van der Waals surface area contributed by atoms with E-state index < -0.39 is 0 Å². The summed E-state index contributed by atoms with van der Waals surface area (Å²) in [7, 11) is 0. The van der Waals surface area contributed by atoms with Crippen LogP contribution in [-0.4, -0.2) is 48.3 Å². The number of aliphatic hydroxyl groups excluding tert-OH is 1. The number of carbonyl (C=O) groups is 2. The standard InChI is InChI=1S/C20H31N3O3/c1-16-6-2-3-8-18(16)14-19(25)23-12-9-17(10-13-23)7-4-5-11-21-20(26)22-15-24/h2-3,6,8,17,24H,4-5,7,9-15H2,1H3,(H2,21,22,26). The zero-order chi connectivity index (χ0) is 18.8. The van der Waals surface area contributed by atoms with Crippen LogP contribution < -0.4 is 10.6 Å². The lowest BCUT2D eigenvalue weighted by molar-refractivity contribution is -0.131. The van der Waals surface area contributed by atoms with Crippen molar-refractivity contribution in [3.63, 3.8) is 0 Å². The van der Waals surface area contributed by atoms with Gasteiger partial charge in [-0.2, -0.15) is 0 Å². The number of aryl methyl sites for hydroxylation is 1. The smallest absolute Gasteiger partial charge is 0.316 e. The molecular weight excluding hydrogens is 330 g/mol. The number of urea groups is 1. The normalized spacial score (nSPS) is 14.9. The van der Waals surface area contributed by atoms with Gasteiger partial charge in [0.05, 0.1) is 6.42 Å². The summed E-state index contributed by atoms with van der Waals surface area (Å²) in [6, 6.07) is 7.76. The molecule has 0 spiro atoms. The Labute approximate surface area is 156 Å². The Hall–Kier alpha value is -2.08. The highest BCUT2D eigenvalue weighted by atomic mass is 16.3. The molecule has 26 heavy (non-hydrogen) atoms. The first-order valence-electron chi connectivity index (χ1n) is 9.55. The Bertz CT molecular complexity index is 583. The van der Waals surface area contributed by atoms with Crippen molar-refractivity contribution in [3.05, 3.63) is 35.4 Å². The fraction of sp³-hybridized carbons (Fsp3) is 0.600. The predicted octanol–water partition coefficient (Wildman–Crippen LogP) is 2.20. The summed E-state index contributed by atoms with van der Waals surface area (Å²) < 4.78 is 0. The fourth-order valence-electron chi connectivity index (χ4n) is 3.45. The molecule has 6 nitrogen and oxygen atoms in total. The van der Waals surface area contributed by atoms with E-state index in [9.17, 15) is 9.59 Å². The largest absolute Gasteiger partial charge is 0.376 e. The number of hydrogen-bond donors (Lipinski definition) is 3. The first kappa shape index (κ1) is 20.2. The predicted molar refractivity (Wildman–Crippen MR) is 102 cm³/mol. The molecule has 1 saturated heterocycles. The third kappa shape index (κ3) is 6.67. The minimum atomic E-state index is -0.340. The molecule has 0 atom stereocenters. The van der Waals surface area contributed by atoms with Crippen molar-refractivity contribution in [2.75, 3.05) is 26.4 Å². The van der Waals surface area contributed by atoms with Crippen LogP contribution in [-0.2, 0) is 11.2 Å². The molecule has 0 saturated carbocycles.